The van der Waals surface area contributed by atoms with Crippen LogP contribution in [0.15, 0.2) is 42.5 Å². The first-order chi connectivity index (χ1) is 8.27. The van der Waals surface area contributed by atoms with Gasteiger partial charge < -0.3 is 5.11 Å². The summed E-state index contributed by atoms with van der Waals surface area (Å²) < 4.78 is 0. The lowest BCUT2D eigenvalue weighted by Crippen LogP contribution is -1.93. The molecule has 0 aromatic heterocycles. The summed E-state index contributed by atoms with van der Waals surface area (Å²) in [7, 11) is 0. The molecule has 0 aliphatic heterocycles. The third-order valence-corrected chi connectivity index (χ3v) is 3.26. The Morgan fingerprint density at radius 3 is 2.47 bits per heavy atom. The zero-order valence-electron chi connectivity index (χ0n) is 9.31. The van der Waals surface area contributed by atoms with Crippen LogP contribution in [0.1, 0.15) is 22.3 Å². The van der Waals surface area contributed by atoms with Crippen molar-refractivity contribution in [3.8, 4) is 16.9 Å². The normalized spacial score (nSPS) is 13.8. The van der Waals surface area contributed by atoms with E-state index in [1.54, 1.807) is 6.07 Å². The Kier molecular flexibility index (Phi) is 2.22. The molecule has 2 nitrogen and oxygen atoms in total. The molecule has 0 fully saturated rings. The van der Waals surface area contributed by atoms with Crippen molar-refractivity contribution in [3.05, 3.63) is 53.6 Å². The van der Waals surface area contributed by atoms with E-state index in [1.165, 1.54) is 0 Å². The van der Waals surface area contributed by atoms with E-state index < -0.39 is 0 Å². The van der Waals surface area contributed by atoms with Crippen LogP contribution in [-0.2, 0) is 6.42 Å². The van der Waals surface area contributed by atoms with Crippen molar-refractivity contribution in [3.63, 3.8) is 0 Å². The van der Waals surface area contributed by atoms with E-state index in [1.807, 2.05) is 36.4 Å². The molecule has 0 saturated heterocycles. The summed E-state index contributed by atoms with van der Waals surface area (Å²) in [6.07, 6.45) is 1.24. The summed E-state index contributed by atoms with van der Waals surface area (Å²) in [5, 5.41) is 9.75. The van der Waals surface area contributed by atoms with Gasteiger partial charge in [0.05, 0.1) is 5.56 Å². The van der Waals surface area contributed by atoms with Gasteiger partial charge >= 0.3 is 0 Å². The summed E-state index contributed by atoms with van der Waals surface area (Å²) in [6.45, 7) is 0. The lowest BCUT2D eigenvalue weighted by atomic mass is 9.96. The Hall–Kier alpha value is -2.09. The number of carbonyl (C=O) groups is 1. The average Bonchev–Trinajstić information content (AvgIpc) is 2.74. The lowest BCUT2D eigenvalue weighted by Gasteiger charge is -2.09. The largest absolute Gasteiger partial charge is 0.507 e. The molecule has 0 amide bonds. The number of hydrogen-bond donors (Lipinski definition) is 1. The zero-order chi connectivity index (χ0) is 11.8. The highest BCUT2D eigenvalue weighted by Gasteiger charge is 2.25. The molecule has 1 N–H and O–H groups in total. The van der Waals surface area contributed by atoms with Crippen LogP contribution < -0.4 is 0 Å². The lowest BCUT2D eigenvalue weighted by molar-refractivity contribution is 0.0992. The average molecular weight is 224 g/mol. The monoisotopic (exact) mass is 224 g/mol. The number of phenols is 1. The highest BCUT2D eigenvalue weighted by Crippen LogP contribution is 2.37. The minimum atomic E-state index is 0.0512. The SMILES string of the molecule is O=C1CCc2c(-c3ccccc3)ccc(O)c21. The van der Waals surface area contributed by atoms with Gasteiger partial charge in [0.2, 0.25) is 0 Å². The van der Waals surface area contributed by atoms with Gasteiger partial charge in [0.15, 0.2) is 5.78 Å². The van der Waals surface area contributed by atoms with Crippen molar-refractivity contribution in [1.29, 1.82) is 0 Å². The number of fused-ring (bicyclic) bond motifs is 1. The number of rotatable bonds is 1. The molecule has 0 saturated carbocycles. The molecule has 2 aromatic rings. The number of phenolic OH excluding ortho intramolecular Hbond substituents is 1. The Morgan fingerprint density at radius 1 is 0.941 bits per heavy atom. The van der Waals surface area contributed by atoms with E-state index in [2.05, 4.69) is 0 Å². The minimum absolute atomic E-state index is 0.0512. The third-order valence-electron chi connectivity index (χ3n) is 3.26. The van der Waals surface area contributed by atoms with Crippen molar-refractivity contribution in [2.24, 2.45) is 0 Å². The fraction of sp³-hybridized carbons (Fsp3) is 0.133. The molecule has 0 heterocycles. The van der Waals surface area contributed by atoms with E-state index in [0.29, 0.717) is 12.0 Å². The van der Waals surface area contributed by atoms with E-state index >= 15 is 0 Å². The fourth-order valence-corrected chi connectivity index (χ4v) is 2.46. The second-order valence-corrected chi connectivity index (χ2v) is 4.28. The molecule has 2 heteroatoms. The number of benzene rings is 2. The Balaban J connectivity index is 2.24. The van der Waals surface area contributed by atoms with Gasteiger partial charge in [-0.05, 0) is 29.2 Å². The zero-order valence-corrected chi connectivity index (χ0v) is 9.31. The molecule has 3 rings (SSSR count). The number of Topliss-reactive ketones (excluding diaryl/α,β-unsaturated/α-hetero) is 1. The first-order valence-corrected chi connectivity index (χ1v) is 5.71. The molecule has 2 aromatic carbocycles. The summed E-state index contributed by atoms with van der Waals surface area (Å²) in [4.78, 5) is 11.7. The summed E-state index contributed by atoms with van der Waals surface area (Å²) >= 11 is 0. The predicted molar refractivity (Wildman–Crippen MR) is 66.2 cm³/mol. The van der Waals surface area contributed by atoms with Crippen LogP contribution in [-0.4, -0.2) is 10.9 Å². The van der Waals surface area contributed by atoms with Crippen LogP contribution in [0.4, 0.5) is 0 Å². The second kappa shape index (κ2) is 3.74. The maximum Gasteiger partial charge on any atom is 0.167 e. The molecule has 1 aliphatic carbocycles. The molecule has 0 spiro atoms. The number of ketones is 1. The maximum absolute atomic E-state index is 11.7. The van der Waals surface area contributed by atoms with Gasteiger partial charge in [-0.3, -0.25) is 4.79 Å². The molecule has 84 valence electrons. The van der Waals surface area contributed by atoms with Crippen molar-refractivity contribution in [1.82, 2.24) is 0 Å². The van der Waals surface area contributed by atoms with Crippen molar-refractivity contribution in [2.45, 2.75) is 12.8 Å². The minimum Gasteiger partial charge on any atom is -0.507 e. The molecule has 0 unspecified atom stereocenters. The van der Waals surface area contributed by atoms with Gasteiger partial charge in [-0.2, -0.15) is 0 Å². The van der Waals surface area contributed by atoms with Gasteiger partial charge in [-0.25, -0.2) is 0 Å². The van der Waals surface area contributed by atoms with Crippen LogP contribution in [0, 0.1) is 0 Å². The van der Waals surface area contributed by atoms with E-state index in [4.69, 9.17) is 0 Å². The summed E-state index contributed by atoms with van der Waals surface area (Å²) in [6, 6.07) is 13.5. The highest BCUT2D eigenvalue weighted by atomic mass is 16.3. The predicted octanol–water partition coefficient (Wildman–Crippen LogP) is 3.19. The highest BCUT2D eigenvalue weighted by molar-refractivity contribution is 6.04. The molecule has 0 radical (unpaired) electrons. The van der Waals surface area contributed by atoms with E-state index in [0.717, 1.165) is 23.1 Å². The molecular formula is C15H12O2. The van der Waals surface area contributed by atoms with Gasteiger partial charge in [0, 0.05) is 6.42 Å². The van der Waals surface area contributed by atoms with Gasteiger partial charge in [-0.15, -0.1) is 0 Å². The topological polar surface area (TPSA) is 37.3 Å². The molecule has 1 aliphatic rings. The number of carbonyl (C=O) groups excluding carboxylic acids is 1. The molecular weight excluding hydrogens is 212 g/mol. The number of hydrogen-bond acceptors (Lipinski definition) is 2. The van der Waals surface area contributed by atoms with E-state index in [9.17, 15) is 9.90 Å². The van der Waals surface area contributed by atoms with Crippen LogP contribution >= 0.6 is 0 Å². The van der Waals surface area contributed by atoms with Crippen LogP contribution in [0.3, 0.4) is 0 Å². The second-order valence-electron chi connectivity index (χ2n) is 4.28. The first-order valence-electron chi connectivity index (χ1n) is 5.71. The fourth-order valence-electron chi connectivity index (χ4n) is 2.46. The van der Waals surface area contributed by atoms with Crippen molar-refractivity contribution in [2.75, 3.05) is 0 Å². The van der Waals surface area contributed by atoms with Crippen molar-refractivity contribution < 1.29 is 9.90 Å². The standard InChI is InChI=1S/C15H12O2/c16-13-8-6-11(10-4-2-1-3-5-10)12-7-9-14(17)15(12)13/h1-6,8,16H,7,9H2. The Labute approximate surface area is 99.5 Å². The number of aromatic hydroxyl groups is 1. The van der Waals surface area contributed by atoms with Crippen LogP contribution in [0.2, 0.25) is 0 Å². The first kappa shape index (κ1) is 10.1. The van der Waals surface area contributed by atoms with Crippen LogP contribution in [0.5, 0.6) is 5.75 Å². The smallest absolute Gasteiger partial charge is 0.167 e. The third kappa shape index (κ3) is 1.53. The van der Waals surface area contributed by atoms with Gasteiger partial charge in [-0.1, -0.05) is 36.4 Å². The van der Waals surface area contributed by atoms with Gasteiger partial charge in [0.25, 0.3) is 0 Å². The maximum atomic E-state index is 11.7. The van der Waals surface area contributed by atoms with Crippen LogP contribution in [0.25, 0.3) is 11.1 Å². The molecule has 0 atom stereocenters. The summed E-state index contributed by atoms with van der Waals surface area (Å²) in [5.74, 6) is 0.164. The quantitative estimate of drug-likeness (QED) is 0.807. The summed E-state index contributed by atoms with van der Waals surface area (Å²) in [5.41, 5.74) is 3.66. The van der Waals surface area contributed by atoms with Gasteiger partial charge in [0.1, 0.15) is 5.75 Å². The Bertz CT molecular complexity index is 585. The Morgan fingerprint density at radius 2 is 1.71 bits per heavy atom. The molecule has 17 heavy (non-hydrogen) atoms. The van der Waals surface area contributed by atoms with Crippen molar-refractivity contribution >= 4 is 5.78 Å². The van der Waals surface area contributed by atoms with E-state index in [-0.39, 0.29) is 11.5 Å². The molecule has 0 bridgehead atoms.